The Morgan fingerprint density at radius 2 is 1.83 bits per heavy atom. The second kappa shape index (κ2) is 9.30. The maximum Gasteiger partial charge on any atom is 0.245 e. The number of hydrogen-bond donors (Lipinski definition) is 0. The van der Waals surface area contributed by atoms with Gasteiger partial charge in [-0.25, -0.2) is 0 Å². The lowest BCUT2D eigenvalue weighted by Crippen LogP contribution is -2.51. The molecule has 2 aromatic rings. The Labute approximate surface area is 177 Å². The number of ether oxygens (including phenoxy) is 2. The first-order valence-electron chi connectivity index (χ1n) is 10.5. The highest BCUT2D eigenvalue weighted by atomic mass is 16.5. The molecular formula is C24H28N2O4. The van der Waals surface area contributed by atoms with Gasteiger partial charge in [-0.15, -0.1) is 0 Å². The third-order valence-electron chi connectivity index (χ3n) is 5.67. The molecule has 30 heavy (non-hydrogen) atoms. The van der Waals surface area contributed by atoms with Crippen LogP contribution in [0.3, 0.4) is 0 Å². The summed E-state index contributed by atoms with van der Waals surface area (Å²) in [4.78, 5) is 30.0. The molecule has 6 nitrogen and oxygen atoms in total. The first kappa shape index (κ1) is 20.4. The monoisotopic (exact) mass is 408 g/mol. The predicted molar refractivity (Wildman–Crippen MR) is 113 cm³/mol. The van der Waals surface area contributed by atoms with Gasteiger partial charge in [0.2, 0.25) is 11.8 Å². The molecule has 158 valence electrons. The van der Waals surface area contributed by atoms with Gasteiger partial charge in [-0.2, -0.15) is 0 Å². The normalized spacial score (nSPS) is 21.5. The summed E-state index contributed by atoms with van der Waals surface area (Å²) in [5, 5.41) is 0. The van der Waals surface area contributed by atoms with Crippen molar-refractivity contribution in [3.05, 3.63) is 65.7 Å². The van der Waals surface area contributed by atoms with E-state index in [1.165, 1.54) is 0 Å². The van der Waals surface area contributed by atoms with Crippen LogP contribution in [-0.4, -0.2) is 66.6 Å². The molecule has 2 saturated heterocycles. The summed E-state index contributed by atoms with van der Waals surface area (Å²) >= 11 is 0. The zero-order chi connectivity index (χ0) is 20.9. The molecular weight excluding hydrogens is 380 g/mol. The fourth-order valence-electron chi connectivity index (χ4n) is 4.18. The number of morpholine rings is 1. The molecule has 2 fully saturated rings. The van der Waals surface area contributed by atoms with Crippen LogP contribution in [-0.2, 0) is 20.7 Å². The number of likely N-dealkylation sites (tertiary alicyclic amines) is 1. The van der Waals surface area contributed by atoms with E-state index in [0.717, 1.165) is 16.9 Å². The van der Waals surface area contributed by atoms with Crippen molar-refractivity contribution in [3.63, 3.8) is 0 Å². The second-order valence-corrected chi connectivity index (χ2v) is 7.95. The van der Waals surface area contributed by atoms with Crippen molar-refractivity contribution >= 4 is 11.8 Å². The minimum Gasteiger partial charge on any atom is -0.488 e. The Morgan fingerprint density at radius 1 is 1.07 bits per heavy atom. The lowest BCUT2D eigenvalue weighted by Gasteiger charge is -2.32. The zero-order valence-corrected chi connectivity index (χ0v) is 17.3. The van der Waals surface area contributed by atoms with E-state index in [9.17, 15) is 9.59 Å². The van der Waals surface area contributed by atoms with Crippen LogP contribution in [0.5, 0.6) is 5.75 Å². The molecule has 2 aliphatic rings. The predicted octanol–water partition coefficient (Wildman–Crippen LogP) is 2.44. The highest BCUT2D eigenvalue weighted by Gasteiger charge is 2.42. The largest absolute Gasteiger partial charge is 0.488 e. The van der Waals surface area contributed by atoms with Crippen LogP contribution in [0.4, 0.5) is 0 Å². The number of benzene rings is 2. The summed E-state index contributed by atoms with van der Waals surface area (Å²) in [5.41, 5.74) is 2.08. The Hall–Kier alpha value is -2.86. The van der Waals surface area contributed by atoms with Crippen LogP contribution < -0.4 is 4.74 Å². The smallest absolute Gasteiger partial charge is 0.245 e. The molecule has 0 bridgehead atoms. The molecule has 0 N–H and O–H groups in total. The Kier molecular flexibility index (Phi) is 6.33. The van der Waals surface area contributed by atoms with Crippen molar-refractivity contribution in [3.8, 4) is 5.75 Å². The molecule has 2 atom stereocenters. The van der Waals surface area contributed by atoms with Gasteiger partial charge in [0.25, 0.3) is 0 Å². The molecule has 0 saturated carbocycles. The van der Waals surface area contributed by atoms with E-state index < -0.39 is 6.04 Å². The number of carbonyl (C=O) groups excluding carboxylic acids is 2. The summed E-state index contributed by atoms with van der Waals surface area (Å²) in [6, 6.07) is 17.0. The Balaban J connectivity index is 1.50. The van der Waals surface area contributed by atoms with E-state index in [2.05, 4.69) is 0 Å². The van der Waals surface area contributed by atoms with Crippen molar-refractivity contribution in [2.75, 3.05) is 32.8 Å². The Bertz CT molecular complexity index is 880. The van der Waals surface area contributed by atoms with Crippen LogP contribution >= 0.6 is 0 Å². The van der Waals surface area contributed by atoms with Crippen molar-refractivity contribution in [2.24, 2.45) is 0 Å². The van der Waals surface area contributed by atoms with E-state index >= 15 is 0 Å². The Morgan fingerprint density at radius 3 is 2.57 bits per heavy atom. The average molecular weight is 408 g/mol. The van der Waals surface area contributed by atoms with E-state index in [1.807, 2.05) is 66.4 Å². The van der Waals surface area contributed by atoms with E-state index in [0.29, 0.717) is 39.3 Å². The number of nitrogens with zero attached hydrogens (tertiary/aromatic N) is 2. The molecule has 0 aliphatic carbocycles. The number of amides is 2. The molecule has 2 amide bonds. The quantitative estimate of drug-likeness (QED) is 0.763. The molecule has 6 heteroatoms. The third kappa shape index (κ3) is 4.82. The topological polar surface area (TPSA) is 59.1 Å². The van der Waals surface area contributed by atoms with Crippen molar-refractivity contribution in [1.29, 1.82) is 0 Å². The standard InChI is InChI=1S/C24H28N2O4/c1-18-6-5-7-19(14-18)15-23(27)26-17-21(30-20-8-3-2-4-9-20)16-22(26)24(28)25-10-12-29-13-11-25/h2-9,14,21-22H,10-13,15-17H2,1H3/t21-,22+/m0/s1. The number of hydrogen-bond acceptors (Lipinski definition) is 4. The number of carbonyl (C=O) groups is 2. The summed E-state index contributed by atoms with van der Waals surface area (Å²) in [5.74, 6) is 0.717. The van der Waals surface area contributed by atoms with Gasteiger partial charge in [0.1, 0.15) is 17.9 Å². The molecule has 2 heterocycles. The van der Waals surface area contributed by atoms with E-state index in [-0.39, 0.29) is 24.3 Å². The fraction of sp³-hybridized carbons (Fsp3) is 0.417. The van der Waals surface area contributed by atoms with Gasteiger partial charge in [-0.1, -0.05) is 48.0 Å². The van der Waals surface area contributed by atoms with Gasteiger partial charge in [0.05, 0.1) is 26.2 Å². The summed E-state index contributed by atoms with van der Waals surface area (Å²) in [6.45, 7) is 4.65. The van der Waals surface area contributed by atoms with Crippen molar-refractivity contribution in [1.82, 2.24) is 9.80 Å². The molecule has 2 aromatic carbocycles. The summed E-state index contributed by atoms with van der Waals surface area (Å²) in [6.07, 6.45) is 0.584. The van der Waals surface area contributed by atoms with Gasteiger partial charge in [-0.05, 0) is 24.6 Å². The highest BCUT2D eigenvalue weighted by Crippen LogP contribution is 2.26. The molecule has 0 aromatic heterocycles. The lowest BCUT2D eigenvalue weighted by molar-refractivity contribution is -0.146. The average Bonchev–Trinajstić information content (AvgIpc) is 3.18. The van der Waals surface area contributed by atoms with Gasteiger partial charge < -0.3 is 19.3 Å². The molecule has 0 unspecified atom stereocenters. The summed E-state index contributed by atoms with van der Waals surface area (Å²) in [7, 11) is 0. The van der Waals surface area contributed by atoms with Gasteiger partial charge in [-0.3, -0.25) is 9.59 Å². The first-order valence-corrected chi connectivity index (χ1v) is 10.5. The number of para-hydroxylation sites is 1. The van der Waals surface area contributed by atoms with Crippen LogP contribution in [0, 0.1) is 6.92 Å². The van der Waals surface area contributed by atoms with Gasteiger partial charge in [0, 0.05) is 19.5 Å². The lowest BCUT2D eigenvalue weighted by atomic mass is 10.1. The minimum absolute atomic E-state index is 0.00458. The molecule has 0 radical (unpaired) electrons. The van der Waals surface area contributed by atoms with Crippen LogP contribution in [0.1, 0.15) is 17.5 Å². The summed E-state index contributed by atoms with van der Waals surface area (Å²) < 4.78 is 11.5. The van der Waals surface area contributed by atoms with E-state index in [4.69, 9.17) is 9.47 Å². The van der Waals surface area contributed by atoms with Crippen molar-refractivity contribution in [2.45, 2.75) is 31.9 Å². The van der Waals surface area contributed by atoms with Crippen molar-refractivity contribution < 1.29 is 19.1 Å². The maximum atomic E-state index is 13.2. The SMILES string of the molecule is Cc1cccc(CC(=O)N2C[C@@H](Oc3ccccc3)C[C@@H]2C(=O)N2CCOCC2)c1. The van der Waals surface area contributed by atoms with Gasteiger partial charge in [0.15, 0.2) is 0 Å². The number of aryl methyl sites for hydroxylation is 1. The van der Waals surface area contributed by atoms with Crippen LogP contribution in [0.15, 0.2) is 54.6 Å². The van der Waals surface area contributed by atoms with Crippen LogP contribution in [0.2, 0.25) is 0 Å². The fourth-order valence-corrected chi connectivity index (χ4v) is 4.18. The number of rotatable bonds is 5. The van der Waals surface area contributed by atoms with Gasteiger partial charge >= 0.3 is 0 Å². The molecule has 0 spiro atoms. The second-order valence-electron chi connectivity index (χ2n) is 7.95. The minimum atomic E-state index is -0.492. The van der Waals surface area contributed by atoms with Crippen LogP contribution in [0.25, 0.3) is 0 Å². The first-order chi connectivity index (χ1) is 14.6. The van der Waals surface area contributed by atoms with E-state index in [1.54, 1.807) is 4.90 Å². The molecule has 2 aliphatic heterocycles. The molecule has 4 rings (SSSR count). The zero-order valence-electron chi connectivity index (χ0n) is 17.3. The third-order valence-corrected chi connectivity index (χ3v) is 5.67. The maximum absolute atomic E-state index is 13.2. The highest BCUT2D eigenvalue weighted by molar-refractivity contribution is 5.89.